The van der Waals surface area contributed by atoms with Crippen LogP contribution in [0, 0.1) is 5.41 Å². The van der Waals surface area contributed by atoms with Gasteiger partial charge in [0.2, 0.25) is 5.91 Å². The molecule has 0 aliphatic heterocycles. The minimum atomic E-state index is -0.935. The number of nitrogens with two attached hydrogens (primary N) is 1. The second kappa shape index (κ2) is 8.07. The van der Waals surface area contributed by atoms with Crippen molar-refractivity contribution in [2.75, 3.05) is 6.61 Å². The zero-order chi connectivity index (χ0) is 19.9. The van der Waals surface area contributed by atoms with E-state index in [1.807, 2.05) is 57.2 Å². The Hall–Kier alpha value is -1.93. The van der Waals surface area contributed by atoms with E-state index in [9.17, 15) is 4.79 Å². The molecule has 0 saturated heterocycles. The van der Waals surface area contributed by atoms with E-state index in [-0.39, 0.29) is 31.0 Å². The van der Waals surface area contributed by atoms with Gasteiger partial charge in [-0.3, -0.25) is 4.79 Å². The molecule has 1 fully saturated rings. The number of hydrogen-bond donors (Lipinski definition) is 2. The van der Waals surface area contributed by atoms with Crippen LogP contribution < -0.4 is 11.1 Å². The van der Waals surface area contributed by atoms with Gasteiger partial charge in [-0.1, -0.05) is 26.0 Å². The molecule has 1 amide bonds. The molecular formula is C21H26ClN3O3S. The molecule has 2 atom stereocenters. The molecule has 3 aromatic rings. The number of nitrogens with one attached hydrogen (secondary N) is 1. The number of carbonyl (C=O) groups is 1. The summed E-state index contributed by atoms with van der Waals surface area (Å²) in [5.41, 5.74) is 6.02. The van der Waals surface area contributed by atoms with E-state index >= 15 is 0 Å². The fraction of sp³-hybridized carbons (Fsp3) is 0.429. The summed E-state index contributed by atoms with van der Waals surface area (Å²) in [6.45, 7) is 6.82. The van der Waals surface area contributed by atoms with E-state index in [1.165, 1.54) is 0 Å². The zero-order valence-corrected chi connectivity index (χ0v) is 18.4. The Kier molecular flexibility index (Phi) is 6.06. The summed E-state index contributed by atoms with van der Waals surface area (Å²) in [5, 5.41) is 3.75. The Morgan fingerprint density at radius 3 is 2.79 bits per heavy atom. The summed E-state index contributed by atoms with van der Waals surface area (Å²) in [5.74, 6) is 1.20. The lowest BCUT2D eigenvalue weighted by Crippen LogP contribution is -2.75. The van der Waals surface area contributed by atoms with Gasteiger partial charge in [0, 0.05) is 18.4 Å². The second-order valence-corrected chi connectivity index (χ2v) is 8.81. The third-order valence-corrected chi connectivity index (χ3v) is 6.88. The number of aromatic nitrogens is 1. The molecule has 1 aliphatic carbocycles. The number of para-hydroxylation sites is 1. The van der Waals surface area contributed by atoms with Gasteiger partial charge >= 0.3 is 0 Å². The summed E-state index contributed by atoms with van der Waals surface area (Å²) >= 11 is 1.58. The molecule has 2 aromatic heterocycles. The number of amides is 1. The molecule has 0 radical (unpaired) electrons. The van der Waals surface area contributed by atoms with Gasteiger partial charge < -0.3 is 20.2 Å². The predicted molar refractivity (Wildman–Crippen MR) is 117 cm³/mol. The lowest BCUT2D eigenvalue weighted by Gasteiger charge is -2.57. The fourth-order valence-electron chi connectivity index (χ4n) is 3.71. The molecule has 1 aromatic carbocycles. The molecule has 0 bridgehead atoms. The van der Waals surface area contributed by atoms with Gasteiger partial charge in [-0.15, -0.1) is 23.7 Å². The third-order valence-electron chi connectivity index (χ3n) is 5.82. The Morgan fingerprint density at radius 1 is 1.34 bits per heavy atom. The molecule has 8 heteroatoms. The van der Waals surface area contributed by atoms with Crippen LogP contribution in [-0.2, 0) is 16.1 Å². The van der Waals surface area contributed by atoms with Crippen LogP contribution in [0.4, 0.5) is 0 Å². The minimum Gasteiger partial charge on any atom is -0.457 e. The van der Waals surface area contributed by atoms with E-state index in [0.29, 0.717) is 24.5 Å². The Morgan fingerprint density at radius 2 is 2.10 bits per heavy atom. The van der Waals surface area contributed by atoms with Crippen molar-refractivity contribution >= 4 is 39.9 Å². The number of furan rings is 1. The molecular weight excluding hydrogens is 410 g/mol. The van der Waals surface area contributed by atoms with Crippen molar-refractivity contribution < 1.29 is 13.9 Å². The first-order valence-electron chi connectivity index (χ1n) is 9.48. The highest BCUT2D eigenvalue weighted by molar-refractivity contribution is 7.21. The Bertz CT molecular complexity index is 982. The quantitative estimate of drug-likeness (QED) is 0.607. The molecule has 0 spiro atoms. The molecule has 1 saturated carbocycles. The lowest BCUT2D eigenvalue weighted by atomic mass is 9.54. The summed E-state index contributed by atoms with van der Waals surface area (Å²) in [4.78, 5) is 17.3. The van der Waals surface area contributed by atoms with Gasteiger partial charge in [-0.2, -0.15) is 0 Å². The Labute approximate surface area is 180 Å². The molecule has 29 heavy (non-hydrogen) atoms. The van der Waals surface area contributed by atoms with Crippen molar-refractivity contribution in [3.63, 3.8) is 0 Å². The van der Waals surface area contributed by atoms with Crippen LogP contribution in [0.2, 0.25) is 0 Å². The number of benzene rings is 1. The molecule has 1 aliphatic rings. The van der Waals surface area contributed by atoms with E-state index in [0.717, 1.165) is 15.2 Å². The van der Waals surface area contributed by atoms with Gasteiger partial charge in [0.1, 0.15) is 11.3 Å². The molecule has 3 N–H and O–H groups in total. The SMILES string of the molecule is CCOC1CC(N)(C(=O)NCc2ccc(-c3nc4ccccc4s3)o2)C1(C)C.Cl. The van der Waals surface area contributed by atoms with Gasteiger partial charge in [0.05, 0.1) is 22.9 Å². The van der Waals surface area contributed by atoms with E-state index in [4.69, 9.17) is 14.9 Å². The van der Waals surface area contributed by atoms with Crippen molar-refractivity contribution in [1.29, 1.82) is 0 Å². The van der Waals surface area contributed by atoms with Gasteiger partial charge in [-0.25, -0.2) is 4.98 Å². The highest BCUT2D eigenvalue weighted by Gasteiger charge is 2.62. The lowest BCUT2D eigenvalue weighted by molar-refractivity contribution is -0.170. The van der Waals surface area contributed by atoms with Crippen LogP contribution in [0.25, 0.3) is 21.0 Å². The van der Waals surface area contributed by atoms with Crippen LogP contribution in [0.1, 0.15) is 33.0 Å². The van der Waals surface area contributed by atoms with Gasteiger partial charge in [0.25, 0.3) is 0 Å². The number of thiazole rings is 1. The number of ether oxygens (including phenoxy) is 1. The van der Waals surface area contributed by atoms with Gasteiger partial charge in [-0.05, 0) is 31.2 Å². The minimum absolute atomic E-state index is 0. The molecule has 4 rings (SSSR count). The zero-order valence-electron chi connectivity index (χ0n) is 16.7. The van der Waals surface area contributed by atoms with Crippen molar-refractivity contribution in [1.82, 2.24) is 10.3 Å². The highest BCUT2D eigenvalue weighted by Crippen LogP contribution is 2.49. The summed E-state index contributed by atoms with van der Waals surface area (Å²) < 4.78 is 12.7. The number of hydrogen-bond acceptors (Lipinski definition) is 6. The van der Waals surface area contributed by atoms with Crippen molar-refractivity contribution in [3.8, 4) is 10.8 Å². The van der Waals surface area contributed by atoms with E-state index in [1.54, 1.807) is 11.3 Å². The van der Waals surface area contributed by atoms with Gasteiger partial charge in [0.15, 0.2) is 10.8 Å². The summed E-state index contributed by atoms with van der Waals surface area (Å²) in [6.07, 6.45) is 0.525. The van der Waals surface area contributed by atoms with Crippen molar-refractivity contribution in [3.05, 3.63) is 42.2 Å². The Balaban J connectivity index is 0.00000240. The largest absolute Gasteiger partial charge is 0.457 e. The first kappa shape index (κ1) is 21.8. The molecule has 6 nitrogen and oxygen atoms in total. The first-order valence-corrected chi connectivity index (χ1v) is 10.3. The summed E-state index contributed by atoms with van der Waals surface area (Å²) in [6, 6.07) is 11.7. The van der Waals surface area contributed by atoms with Crippen molar-refractivity contribution in [2.24, 2.45) is 11.1 Å². The average Bonchev–Trinajstić information content (AvgIpc) is 3.32. The number of nitrogens with zero attached hydrogens (tertiary/aromatic N) is 1. The van der Waals surface area contributed by atoms with Crippen LogP contribution in [0.3, 0.4) is 0 Å². The number of halogens is 1. The smallest absolute Gasteiger partial charge is 0.241 e. The second-order valence-electron chi connectivity index (χ2n) is 7.78. The highest BCUT2D eigenvalue weighted by atomic mass is 35.5. The molecule has 2 unspecified atom stereocenters. The average molecular weight is 436 g/mol. The maximum atomic E-state index is 12.7. The first-order chi connectivity index (χ1) is 13.3. The number of rotatable bonds is 6. The number of carbonyl (C=O) groups excluding carboxylic acids is 1. The topological polar surface area (TPSA) is 90.4 Å². The molecule has 156 valence electrons. The molecule has 2 heterocycles. The third kappa shape index (κ3) is 3.68. The van der Waals surface area contributed by atoms with Crippen LogP contribution in [-0.4, -0.2) is 29.1 Å². The maximum absolute atomic E-state index is 12.7. The van der Waals surface area contributed by atoms with Crippen LogP contribution in [0.15, 0.2) is 40.8 Å². The van der Waals surface area contributed by atoms with E-state index < -0.39 is 11.0 Å². The van der Waals surface area contributed by atoms with Crippen LogP contribution >= 0.6 is 23.7 Å². The predicted octanol–water partition coefficient (Wildman–Crippen LogP) is 4.13. The van der Waals surface area contributed by atoms with E-state index in [2.05, 4.69) is 10.3 Å². The fourth-order valence-corrected chi connectivity index (χ4v) is 4.64. The van der Waals surface area contributed by atoms with Crippen LogP contribution in [0.5, 0.6) is 0 Å². The van der Waals surface area contributed by atoms with Crippen molar-refractivity contribution in [2.45, 2.75) is 45.4 Å². The monoisotopic (exact) mass is 435 g/mol. The summed E-state index contributed by atoms with van der Waals surface area (Å²) in [7, 11) is 0. The maximum Gasteiger partial charge on any atom is 0.241 e. The normalized spacial score (nSPS) is 22.7. The standard InChI is InChI=1S/C21H25N3O3S.ClH/c1-4-26-17-11-21(22,20(17,2)3)19(25)23-12-13-9-10-15(27-13)18-24-14-7-5-6-8-16(14)28-18;/h5-10,17H,4,11-12,22H2,1-3H3,(H,23,25);1H. The number of fused-ring (bicyclic) bond motifs is 1.